The normalized spacial score (nSPS) is 52.1. The lowest BCUT2D eigenvalue weighted by molar-refractivity contribution is -0.0335. The molecule has 4 aliphatic carbocycles. The summed E-state index contributed by atoms with van der Waals surface area (Å²) in [7, 11) is 0. The van der Waals surface area contributed by atoms with E-state index in [2.05, 4.69) is 25.8 Å². The van der Waals surface area contributed by atoms with Crippen molar-refractivity contribution in [1.82, 2.24) is 0 Å². The predicted octanol–water partition coefficient (Wildman–Crippen LogP) is 5.59. The van der Waals surface area contributed by atoms with Crippen molar-refractivity contribution in [3.63, 3.8) is 0 Å². The van der Waals surface area contributed by atoms with E-state index < -0.39 is 0 Å². The van der Waals surface area contributed by atoms with Crippen molar-refractivity contribution < 1.29 is 0 Å². The van der Waals surface area contributed by atoms with Crippen molar-refractivity contribution in [3.8, 4) is 12.3 Å². The van der Waals surface area contributed by atoms with Gasteiger partial charge in [0.25, 0.3) is 0 Å². The van der Waals surface area contributed by atoms with Crippen LogP contribution < -0.4 is 0 Å². The molecule has 6 atom stereocenters. The van der Waals surface area contributed by atoms with E-state index >= 15 is 0 Å². The van der Waals surface area contributed by atoms with Crippen molar-refractivity contribution in [2.24, 2.45) is 34.5 Å². The zero-order valence-electron chi connectivity index (χ0n) is 13.8. The summed E-state index contributed by atoms with van der Waals surface area (Å²) >= 11 is 0. The summed E-state index contributed by atoms with van der Waals surface area (Å²) in [6.45, 7) is 5.12. The highest BCUT2D eigenvalue weighted by molar-refractivity contribution is 5.25. The fourth-order valence-electron chi connectivity index (χ4n) is 6.97. The minimum Gasteiger partial charge on any atom is -0.120 e. The molecule has 0 aliphatic heterocycles. The molecule has 0 aromatic carbocycles. The van der Waals surface area contributed by atoms with Crippen molar-refractivity contribution in [2.75, 3.05) is 0 Å². The van der Waals surface area contributed by atoms with Crippen LogP contribution in [0.4, 0.5) is 0 Å². The first kappa shape index (κ1) is 13.9. The van der Waals surface area contributed by atoms with E-state index in [1.54, 1.807) is 0 Å². The van der Waals surface area contributed by atoms with Gasteiger partial charge in [0.2, 0.25) is 0 Å². The highest BCUT2D eigenvalue weighted by Crippen LogP contribution is 2.66. The molecule has 0 bridgehead atoms. The van der Waals surface area contributed by atoms with E-state index in [0.29, 0.717) is 16.7 Å². The van der Waals surface area contributed by atoms with Gasteiger partial charge in [-0.05, 0) is 80.0 Å². The quantitative estimate of drug-likeness (QED) is 0.401. The fraction of sp³-hybridized carbons (Fsp3) is 0.810. The molecule has 0 aromatic heterocycles. The van der Waals surface area contributed by atoms with Gasteiger partial charge in [-0.15, -0.1) is 12.3 Å². The number of rotatable bonds is 0. The van der Waals surface area contributed by atoms with Gasteiger partial charge in [-0.1, -0.05) is 31.9 Å². The summed E-state index contributed by atoms with van der Waals surface area (Å²) in [4.78, 5) is 0. The van der Waals surface area contributed by atoms with Gasteiger partial charge >= 0.3 is 0 Å². The van der Waals surface area contributed by atoms with Gasteiger partial charge in [0, 0.05) is 5.92 Å². The van der Waals surface area contributed by atoms with Crippen LogP contribution in [-0.4, -0.2) is 0 Å². The van der Waals surface area contributed by atoms with Crippen LogP contribution in [0.25, 0.3) is 0 Å². The highest BCUT2D eigenvalue weighted by atomic mass is 14.6. The molecule has 4 rings (SSSR count). The van der Waals surface area contributed by atoms with Crippen LogP contribution in [0, 0.1) is 46.8 Å². The third-order valence-corrected chi connectivity index (χ3v) is 8.22. The van der Waals surface area contributed by atoms with E-state index in [1.807, 2.05) is 5.57 Å². The molecule has 0 amide bonds. The number of fused-ring (bicyclic) bond motifs is 5. The zero-order chi connectivity index (χ0) is 14.7. The molecule has 0 N–H and O–H groups in total. The maximum Gasteiger partial charge on any atom is 0.0256 e. The minimum atomic E-state index is 0.451. The summed E-state index contributed by atoms with van der Waals surface area (Å²) < 4.78 is 0. The second kappa shape index (κ2) is 4.65. The first-order valence-corrected chi connectivity index (χ1v) is 9.25. The first-order valence-electron chi connectivity index (χ1n) is 9.25. The Bertz CT molecular complexity index is 507. The Morgan fingerprint density at radius 3 is 2.76 bits per heavy atom. The molecular formula is C21H30. The molecule has 3 fully saturated rings. The lowest BCUT2D eigenvalue weighted by atomic mass is 9.47. The van der Waals surface area contributed by atoms with Gasteiger partial charge in [-0.25, -0.2) is 0 Å². The van der Waals surface area contributed by atoms with Crippen molar-refractivity contribution in [2.45, 2.75) is 71.6 Å². The SMILES string of the molecule is C#CC1CC[C@H]2[C@@H]3CC=C4CCCC[C@]4(C)[C@@H]3CC[C@]12C. The van der Waals surface area contributed by atoms with Crippen molar-refractivity contribution in [1.29, 1.82) is 0 Å². The molecule has 4 aliphatic rings. The molecule has 0 heterocycles. The summed E-state index contributed by atoms with van der Waals surface area (Å²) in [6.07, 6.45) is 21.1. The summed E-state index contributed by atoms with van der Waals surface area (Å²) in [5, 5.41) is 0. The van der Waals surface area contributed by atoms with Crippen LogP contribution in [0.5, 0.6) is 0 Å². The van der Waals surface area contributed by atoms with Crippen LogP contribution in [0.1, 0.15) is 71.6 Å². The molecule has 114 valence electrons. The summed E-state index contributed by atoms with van der Waals surface area (Å²) in [5.41, 5.74) is 2.81. The standard InChI is InChI=1S/C21H30/c1-4-15-9-11-18-17-10-8-16-7-5-6-13-20(16,2)19(17)12-14-21(15,18)3/h1,8,15,17-19H,5-7,9-14H2,2-3H3/t15?,17-,18-,19+,20-,21+/m0/s1. The monoisotopic (exact) mass is 282 g/mol. The smallest absolute Gasteiger partial charge is 0.0256 e. The molecule has 0 radical (unpaired) electrons. The Morgan fingerprint density at radius 2 is 1.95 bits per heavy atom. The molecule has 0 spiro atoms. The lowest BCUT2D eigenvalue weighted by Gasteiger charge is -2.57. The average Bonchev–Trinajstić information content (AvgIpc) is 2.83. The Balaban J connectivity index is 1.69. The van der Waals surface area contributed by atoms with E-state index in [9.17, 15) is 0 Å². The number of hydrogen-bond acceptors (Lipinski definition) is 0. The van der Waals surface area contributed by atoms with Gasteiger partial charge in [-0.3, -0.25) is 0 Å². The zero-order valence-corrected chi connectivity index (χ0v) is 13.8. The molecule has 21 heavy (non-hydrogen) atoms. The fourth-order valence-corrected chi connectivity index (χ4v) is 6.97. The van der Waals surface area contributed by atoms with E-state index in [4.69, 9.17) is 6.42 Å². The predicted molar refractivity (Wildman–Crippen MR) is 88.6 cm³/mol. The van der Waals surface area contributed by atoms with E-state index in [-0.39, 0.29) is 0 Å². The van der Waals surface area contributed by atoms with Gasteiger partial charge in [0.1, 0.15) is 0 Å². The largest absolute Gasteiger partial charge is 0.120 e. The number of hydrogen-bond donors (Lipinski definition) is 0. The molecular weight excluding hydrogens is 252 g/mol. The van der Waals surface area contributed by atoms with Crippen LogP contribution in [0.2, 0.25) is 0 Å². The van der Waals surface area contributed by atoms with Crippen LogP contribution in [0.15, 0.2) is 11.6 Å². The van der Waals surface area contributed by atoms with Gasteiger partial charge in [0.15, 0.2) is 0 Å². The van der Waals surface area contributed by atoms with Crippen LogP contribution in [-0.2, 0) is 0 Å². The Labute approximate surface area is 130 Å². The molecule has 1 unspecified atom stereocenters. The molecule has 0 heteroatoms. The third kappa shape index (κ3) is 1.76. The average molecular weight is 282 g/mol. The van der Waals surface area contributed by atoms with Crippen molar-refractivity contribution in [3.05, 3.63) is 11.6 Å². The van der Waals surface area contributed by atoms with Crippen molar-refractivity contribution >= 4 is 0 Å². The number of terminal acetylenes is 1. The Hall–Kier alpha value is -0.700. The molecule has 0 aromatic rings. The molecule has 0 nitrogen and oxygen atoms in total. The molecule has 3 saturated carbocycles. The minimum absolute atomic E-state index is 0.451. The second-order valence-electron chi connectivity index (χ2n) is 8.81. The lowest BCUT2D eigenvalue weighted by Crippen LogP contribution is -2.49. The summed E-state index contributed by atoms with van der Waals surface area (Å²) in [5.74, 6) is 6.47. The van der Waals surface area contributed by atoms with E-state index in [0.717, 1.165) is 17.8 Å². The van der Waals surface area contributed by atoms with Gasteiger partial charge in [0.05, 0.1) is 0 Å². The molecule has 0 saturated heterocycles. The van der Waals surface area contributed by atoms with E-state index in [1.165, 1.54) is 57.8 Å². The first-order chi connectivity index (χ1) is 10.1. The second-order valence-corrected chi connectivity index (χ2v) is 8.81. The number of allylic oxidation sites excluding steroid dienone is 2. The summed E-state index contributed by atoms with van der Waals surface area (Å²) in [6, 6.07) is 0. The van der Waals surface area contributed by atoms with Crippen LogP contribution >= 0.6 is 0 Å². The Morgan fingerprint density at radius 1 is 1.10 bits per heavy atom. The third-order valence-electron chi connectivity index (χ3n) is 8.22. The highest BCUT2D eigenvalue weighted by Gasteiger charge is 2.57. The van der Waals surface area contributed by atoms with Crippen LogP contribution in [0.3, 0.4) is 0 Å². The van der Waals surface area contributed by atoms with Gasteiger partial charge < -0.3 is 0 Å². The topological polar surface area (TPSA) is 0 Å². The van der Waals surface area contributed by atoms with Gasteiger partial charge in [-0.2, -0.15) is 0 Å². The maximum atomic E-state index is 5.86. The Kier molecular flexibility index (Phi) is 3.08. The maximum absolute atomic E-state index is 5.86.